The van der Waals surface area contributed by atoms with Gasteiger partial charge in [0.15, 0.2) is 0 Å². The van der Waals surface area contributed by atoms with Crippen LogP contribution in [0.4, 0.5) is 10.5 Å². The summed E-state index contributed by atoms with van der Waals surface area (Å²) in [6.07, 6.45) is 4.54. The number of urea groups is 1. The molecule has 5 heteroatoms. The van der Waals surface area contributed by atoms with Gasteiger partial charge in [0.1, 0.15) is 0 Å². The number of para-hydroxylation sites is 1. The molecule has 1 aliphatic rings. The highest BCUT2D eigenvalue weighted by atomic mass is 16.5. The van der Waals surface area contributed by atoms with Crippen LogP contribution >= 0.6 is 0 Å². The van der Waals surface area contributed by atoms with Gasteiger partial charge >= 0.3 is 6.03 Å². The van der Waals surface area contributed by atoms with Crippen molar-refractivity contribution in [1.29, 1.82) is 0 Å². The summed E-state index contributed by atoms with van der Waals surface area (Å²) in [5.74, 6) is 0. The molecule has 0 spiro atoms. The molecule has 0 aliphatic carbocycles. The highest BCUT2D eigenvalue weighted by Gasteiger charge is 2.26. The Morgan fingerprint density at radius 2 is 2.08 bits per heavy atom. The molecule has 0 bridgehead atoms. The van der Waals surface area contributed by atoms with E-state index in [1.165, 1.54) is 0 Å². The minimum Gasteiger partial charge on any atom is -0.380 e. The lowest BCUT2D eigenvalue weighted by Gasteiger charge is -2.18. The molecular formula is C19H23N3O2. The smallest absolute Gasteiger partial charge is 0.321 e. The zero-order valence-electron chi connectivity index (χ0n) is 13.9. The third-order valence-electron chi connectivity index (χ3n) is 4.40. The molecule has 2 aromatic rings. The molecule has 5 nitrogen and oxygen atoms in total. The third kappa shape index (κ3) is 4.11. The maximum atomic E-state index is 12.4. The van der Waals surface area contributed by atoms with Gasteiger partial charge in [-0.3, -0.25) is 4.98 Å². The molecule has 1 aromatic carbocycles. The summed E-state index contributed by atoms with van der Waals surface area (Å²) in [5, 5.41) is 3.04. The topological polar surface area (TPSA) is 54.5 Å². The van der Waals surface area contributed by atoms with Gasteiger partial charge in [-0.1, -0.05) is 24.3 Å². The van der Waals surface area contributed by atoms with Gasteiger partial charge in [0, 0.05) is 37.8 Å². The van der Waals surface area contributed by atoms with Crippen molar-refractivity contribution in [2.75, 3.05) is 25.5 Å². The van der Waals surface area contributed by atoms with Gasteiger partial charge in [0.05, 0.1) is 6.10 Å². The summed E-state index contributed by atoms with van der Waals surface area (Å²) in [7, 11) is 1.69. The predicted molar refractivity (Wildman–Crippen MR) is 94.1 cm³/mol. The first kappa shape index (κ1) is 16.5. The van der Waals surface area contributed by atoms with Gasteiger partial charge in [0.2, 0.25) is 0 Å². The van der Waals surface area contributed by atoms with E-state index in [0.29, 0.717) is 6.54 Å². The molecule has 0 radical (unpaired) electrons. The maximum absolute atomic E-state index is 12.4. The van der Waals surface area contributed by atoms with Crippen LogP contribution in [0.15, 0.2) is 48.7 Å². The number of aryl methyl sites for hydroxylation is 2. The molecule has 3 rings (SSSR count). The summed E-state index contributed by atoms with van der Waals surface area (Å²) < 4.78 is 5.32. The maximum Gasteiger partial charge on any atom is 0.321 e. The monoisotopic (exact) mass is 325 g/mol. The van der Waals surface area contributed by atoms with E-state index < -0.39 is 0 Å². The minimum atomic E-state index is -0.0557. The normalized spacial score (nSPS) is 17.0. The average molecular weight is 325 g/mol. The number of rotatable bonds is 5. The van der Waals surface area contributed by atoms with E-state index in [9.17, 15) is 4.79 Å². The van der Waals surface area contributed by atoms with Gasteiger partial charge < -0.3 is 15.0 Å². The number of ether oxygens (including phenoxy) is 1. The Balaban J connectivity index is 1.62. The van der Waals surface area contributed by atoms with Crippen molar-refractivity contribution in [2.24, 2.45) is 0 Å². The van der Waals surface area contributed by atoms with Crippen molar-refractivity contribution < 1.29 is 9.53 Å². The Kier molecular flexibility index (Phi) is 5.43. The average Bonchev–Trinajstić information content (AvgIpc) is 3.11. The highest BCUT2D eigenvalue weighted by molar-refractivity contribution is 5.90. The van der Waals surface area contributed by atoms with Crippen molar-refractivity contribution in [2.45, 2.75) is 25.4 Å². The molecule has 1 aromatic heterocycles. The second-order valence-electron chi connectivity index (χ2n) is 6.00. The Bertz CT molecular complexity index is 675. The van der Waals surface area contributed by atoms with E-state index in [1.807, 2.05) is 47.5 Å². The Morgan fingerprint density at radius 1 is 1.25 bits per heavy atom. The lowest BCUT2D eigenvalue weighted by atomic mass is 10.1. The zero-order chi connectivity index (χ0) is 16.8. The Hall–Kier alpha value is -2.40. The molecule has 1 saturated heterocycles. The zero-order valence-corrected chi connectivity index (χ0v) is 13.9. The van der Waals surface area contributed by atoms with E-state index in [-0.39, 0.29) is 12.1 Å². The fourth-order valence-corrected chi connectivity index (χ4v) is 2.97. The number of likely N-dealkylation sites (tertiary alicyclic amines) is 1. The predicted octanol–water partition coefficient (Wildman–Crippen LogP) is 3.12. The number of nitrogens with one attached hydrogen (secondary N) is 1. The largest absolute Gasteiger partial charge is 0.380 e. The van der Waals surface area contributed by atoms with Crippen LogP contribution < -0.4 is 5.32 Å². The fraction of sp³-hybridized carbons (Fsp3) is 0.368. The van der Waals surface area contributed by atoms with Crippen LogP contribution in [0.1, 0.15) is 17.7 Å². The van der Waals surface area contributed by atoms with Crippen molar-refractivity contribution >= 4 is 11.7 Å². The van der Waals surface area contributed by atoms with Crippen molar-refractivity contribution in [3.8, 4) is 0 Å². The van der Waals surface area contributed by atoms with E-state index in [1.54, 1.807) is 7.11 Å². The summed E-state index contributed by atoms with van der Waals surface area (Å²) in [5.41, 5.74) is 3.05. The number of methoxy groups -OCH3 is 1. The number of nitrogens with zero attached hydrogens (tertiary/aromatic N) is 2. The summed E-state index contributed by atoms with van der Waals surface area (Å²) in [6.45, 7) is 1.39. The second-order valence-corrected chi connectivity index (χ2v) is 6.00. The molecule has 1 N–H and O–H groups in total. The van der Waals surface area contributed by atoms with Gasteiger partial charge in [-0.05, 0) is 43.0 Å². The van der Waals surface area contributed by atoms with Crippen LogP contribution in [-0.2, 0) is 17.6 Å². The van der Waals surface area contributed by atoms with E-state index in [0.717, 1.165) is 42.8 Å². The first-order valence-electron chi connectivity index (χ1n) is 8.33. The van der Waals surface area contributed by atoms with Gasteiger partial charge in [-0.25, -0.2) is 4.79 Å². The quantitative estimate of drug-likeness (QED) is 0.919. The molecule has 0 saturated carbocycles. The summed E-state index contributed by atoms with van der Waals surface area (Å²) in [6, 6.07) is 13.8. The third-order valence-corrected chi connectivity index (χ3v) is 4.40. The van der Waals surface area contributed by atoms with Crippen molar-refractivity contribution in [3.63, 3.8) is 0 Å². The highest BCUT2D eigenvalue weighted by Crippen LogP contribution is 2.19. The number of carbonyl (C=O) groups excluding carboxylic acids is 1. The molecule has 2 heterocycles. The summed E-state index contributed by atoms with van der Waals surface area (Å²) in [4.78, 5) is 18.6. The van der Waals surface area contributed by atoms with E-state index in [4.69, 9.17) is 4.74 Å². The van der Waals surface area contributed by atoms with E-state index in [2.05, 4.69) is 16.4 Å². The molecule has 1 fully saturated rings. The van der Waals surface area contributed by atoms with Crippen LogP contribution in [-0.4, -0.2) is 42.2 Å². The minimum absolute atomic E-state index is 0.0557. The molecular weight excluding hydrogens is 302 g/mol. The molecule has 1 unspecified atom stereocenters. The first-order chi connectivity index (χ1) is 11.8. The SMILES string of the molecule is COC1CCN(C(=O)Nc2ccccc2CCc2ccccn2)C1. The standard InChI is InChI=1S/C19H23N3O2/c1-24-17-11-13-22(14-17)19(23)21-18-8-3-2-6-15(18)9-10-16-7-4-5-12-20-16/h2-8,12,17H,9-11,13-14H2,1H3,(H,21,23). The van der Waals surface area contributed by atoms with Crippen molar-refractivity contribution in [3.05, 3.63) is 59.9 Å². The van der Waals surface area contributed by atoms with Gasteiger partial charge in [-0.2, -0.15) is 0 Å². The molecule has 1 aliphatic heterocycles. The molecule has 2 amide bonds. The number of hydrogen-bond donors (Lipinski definition) is 1. The number of pyridine rings is 1. The fourth-order valence-electron chi connectivity index (χ4n) is 2.97. The lowest BCUT2D eigenvalue weighted by Crippen LogP contribution is -2.34. The van der Waals surface area contributed by atoms with Crippen LogP contribution in [0.5, 0.6) is 0 Å². The number of amides is 2. The molecule has 24 heavy (non-hydrogen) atoms. The first-order valence-corrected chi connectivity index (χ1v) is 8.33. The number of hydrogen-bond acceptors (Lipinski definition) is 3. The number of anilines is 1. The number of benzene rings is 1. The number of aromatic nitrogens is 1. The summed E-state index contributed by atoms with van der Waals surface area (Å²) >= 11 is 0. The van der Waals surface area contributed by atoms with Crippen molar-refractivity contribution in [1.82, 2.24) is 9.88 Å². The molecule has 1 atom stereocenters. The van der Waals surface area contributed by atoms with Crippen LogP contribution in [0, 0.1) is 0 Å². The van der Waals surface area contributed by atoms with Gasteiger partial charge in [-0.15, -0.1) is 0 Å². The van der Waals surface area contributed by atoms with E-state index >= 15 is 0 Å². The van der Waals surface area contributed by atoms with Gasteiger partial charge in [0.25, 0.3) is 0 Å². The second kappa shape index (κ2) is 7.93. The van der Waals surface area contributed by atoms with Crippen LogP contribution in [0.2, 0.25) is 0 Å². The number of carbonyl (C=O) groups is 1. The lowest BCUT2D eigenvalue weighted by molar-refractivity contribution is 0.111. The van der Waals surface area contributed by atoms with Crippen LogP contribution in [0.25, 0.3) is 0 Å². The molecule has 126 valence electrons. The Labute approximate surface area is 142 Å². The van der Waals surface area contributed by atoms with Crippen LogP contribution in [0.3, 0.4) is 0 Å². The Morgan fingerprint density at radius 3 is 2.83 bits per heavy atom.